The first-order chi connectivity index (χ1) is 17.7. The van der Waals surface area contributed by atoms with Gasteiger partial charge < -0.3 is 20.3 Å². The van der Waals surface area contributed by atoms with E-state index in [1.807, 2.05) is 42.2 Å². The fraction of sp³-hybridized carbons (Fsp3) is 0.444. The first-order valence-corrected chi connectivity index (χ1v) is 14.2. The number of sulfonamides is 1. The highest BCUT2D eigenvalue weighted by atomic mass is 32.2. The van der Waals surface area contributed by atoms with Gasteiger partial charge in [0, 0.05) is 37.4 Å². The molecule has 2 aromatic rings. The summed E-state index contributed by atoms with van der Waals surface area (Å²) >= 11 is 0. The second kappa shape index (κ2) is 12.1. The smallest absolute Gasteiger partial charge is 0.240 e. The summed E-state index contributed by atoms with van der Waals surface area (Å²) in [5.74, 6) is 0.0249. The number of nitrogens with one attached hydrogen (secondary N) is 3. The molecule has 0 aliphatic carbocycles. The van der Waals surface area contributed by atoms with Gasteiger partial charge in [0.25, 0.3) is 0 Å². The number of hydrogen-bond acceptors (Lipinski definition) is 6. The minimum Gasteiger partial charge on any atom is -0.492 e. The third-order valence-corrected chi connectivity index (χ3v) is 7.98. The largest absolute Gasteiger partial charge is 0.492 e. The van der Waals surface area contributed by atoms with Crippen molar-refractivity contribution in [1.29, 1.82) is 0 Å². The summed E-state index contributed by atoms with van der Waals surface area (Å²) in [6.07, 6.45) is 1.42. The highest BCUT2D eigenvalue weighted by Gasteiger charge is 2.31. The summed E-state index contributed by atoms with van der Waals surface area (Å²) in [6, 6.07) is 13.6. The van der Waals surface area contributed by atoms with Crippen LogP contribution in [0.15, 0.2) is 60.8 Å². The Morgan fingerprint density at radius 3 is 2.73 bits per heavy atom. The maximum absolute atomic E-state index is 14.4. The number of piperazine rings is 1. The molecule has 2 saturated heterocycles. The summed E-state index contributed by atoms with van der Waals surface area (Å²) in [6.45, 7) is 7.86. The van der Waals surface area contributed by atoms with Crippen LogP contribution in [0.3, 0.4) is 0 Å². The van der Waals surface area contributed by atoms with Crippen LogP contribution in [-0.2, 0) is 27.8 Å². The van der Waals surface area contributed by atoms with Crippen molar-refractivity contribution in [3.05, 3.63) is 77.8 Å². The Bertz CT molecular complexity index is 1210. The van der Waals surface area contributed by atoms with Crippen molar-refractivity contribution in [2.24, 2.45) is 0 Å². The van der Waals surface area contributed by atoms with Crippen molar-refractivity contribution in [3.63, 3.8) is 0 Å². The predicted octanol–water partition coefficient (Wildman–Crippen LogP) is 2.32. The topological polar surface area (TPSA) is 99.8 Å². The minimum absolute atomic E-state index is 0.0471. The van der Waals surface area contributed by atoms with E-state index < -0.39 is 15.8 Å². The lowest BCUT2D eigenvalue weighted by Crippen LogP contribution is -2.56. The number of benzene rings is 2. The minimum atomic E-state index is -3.24. The van der Waals surface area contributed by atoms with Gasteiger partial charge >= 0.3 is 0 Å². The molecule has 3 atom stereocenters. The number of amides is 1. The summed E-state index contributed by atoms with van der Waals surface area (Å²) in [7, 11) is -3.24. The van der Waals surface area contributed by atoms with E-state index >= 15 is 0 Å². The third-order valence-electron chi connectivity index (χ3n) is 6.51. The summed E-state index contributed by atoms with van der Waals surface area (Å²) in [4.78, 5) is 15.1. The normalized spacial score (nSPS) is 22.0. The Labute approximate surface area is 218 Å². The van der Waals surface area contributed by atoms with Gasteiger partial charge in [0.2, 0.25) is 15.9 Å². The van der Waals surface area contributed by atoms with Crippen molar-refractivity contribution in [2.45, 2.75) is 50.9 Å². The second-order valence-corrected chi connectivity index (χ2v) is 11.7. The Morgan fingerprint density at radius 1 is 1.24 bits per heavy atom. The SMILES string of the molecule is C=C(C)N[C@@H](Cc1cc(F)cc(OC[C@H]2CCS(=O)(=O)N2)c1)C[C@@H]1NCCN(Cc2ccccc2)C1=O. The standard InChI is InChI=1S/C27H35FN4O4S/c1-19(2)30-24(16-26-27(33)32(10-9-29-26)17-20-6-4-3-5-7-20)13-21-12-22(28)15-25(14-21)36-18-23-8-11-37(34,35)31-23/h3-7,12,14-15,23-24,26,29-31H,1,8-11,13,16-18H2,2H3/t23-,24+,26+/m1/s1. The fourth-order valence-electron chi connectivity index (χ4n) is 4.85. The fourth-order valence-corrected chi connectivity index (χ4v) is 6.26. The second-order valence-electron chi connectivity index (χ2n) is 9.84. The average Bonchev–Trinajstić information content (AvgIpc) is 3.19. The van der Waals surface area contributed by atoms with E-state index in [4.69, 9.17) is 4.74 Å². The van der Waals surface area contributed by atoms with E-state index in [2.05, 4.69) is 21.9 Å². The molecular weight excluding hydrogens is 495 g/mol. The molecule has 2 fully saturated rings. The van der Waals surface area contributed by atoms with Crippen LogP contribution in [0.25, 0.3) is 0 Å². The Morgan fingerprint density at radius 2 is 2.03 bits per heavy atom. The first kappa shape index (κ1) is 27.1. The number of carbonyl (C=O) groups excluding carboxylic acids is 1. The van der Waals surface area contributed by atoms with Crippen LogP contribution in [0.1, 0.15) is 30.9 Å². The summed E-state index contributed by atoms with van der Waals surface area (Å²) in [5, 5.41) is 6.68. The van der Waals surface area contributed by atoms with E-state index in [0.717, 1.165) is 11.3 Å². The van der Waals surface area contributed by atoms with Crippen molar-refractivity contribution in [3.8, 4) is 5.75 Å². The number of rotatable bonds is 11. The highest BCUT2D eigenvalue weighted by molar-refractivity contribution is 7.89. The Balaban J connectivity index is 1.40. The monoisotopic (exact) mass is 530 g/mol. The zero-order valence-corrected chi connectivity index (χ0v) is 21.9. The molecule has 37 heavy (non-hydrogen) atoms. The van der Waals surface area contributed by atoms with Crippen LogP contribution in [0.4, 0.5) is 4.39 Å². The number of ether oxygens (including phenoxy) is 1. The molecule has 2 aromatic carbocycles. The summed E-state index contributed by atoms with van der Waals surface area (Å²) in [5.41, 5.74) is 2.56. The van der Waals surface area contributed by atoms with Crippen LogP contribution in [0.5, 0.6) is 5.75 Å². The first-order valence-electron chi connectivity index (χ1n) is 12.6. The average molecular weight is 531 g/mol. The van der Waals surface area contributed by atoms with Crippen LogP contribution < -0.4 is 20.1 Å². The van der Waals surface area contributed by atoms with Crippen molar-refractivity contribution >= 4 is 15.9 Å². The van der Waals surface area contributed by atoms with Crippen molar-refractivity contribution in [2.75, 3.05) is 25.4 Å². The van der Waals surface area contributed by atoms with E-state index in [1.165, 1.54) is 12.1 Å². The maximum Gasteiger partial charge on any atom is 0.240 e. The zero-order chi connectivity index (χ0) is 26.4. The molecular formula is C27H35FN4O4S. The number of carbonyl (C=O) groups is 1. The highest BCUT2D eigenvalue weighted by Crippen LogP contribution is 2.21. The molecule has 2 aliphatic heterocycles. The lowest BCUT2D eigenvalue weighted by molar-refractivity contribution is -0.136. The van der Waals surface area contributed by atoms with E-state index in [0.29, 0.717) is 50.2 Å². The molecule has 0 aromatic heterocycles. The van der Waals surface area contributed by atoms with Gasteiger partial charge in [-0.05, 0) is 49.4 Å². The molecule has 0 spiro atoms. The molecule has 0 bridgehead atoms. The van der Waals surface area contributed by atoms with E-state index in [9.17, 15) is 17.6 Å². The molecule has 0 radical (unpaired) electrons. The van der Waals surface area contributed by atoms with Gasteiger partial charge in [0.1, 0.15) is 18.2 Å². The van der Waals surface area contributed by atoms with E-state index in [1.54, 1.807) is 6.07 Å². The lowest BCUT2D eigenvalue weighted by atomic mass is 9.97. The van der Waals surface area contributed by atoms with Gasteiger partial charge in [-0.3, -0.25) is 4.79 Å². The molecule has 2 aliphatic rings. The van der Waals surface area contributed by atoms with Crippen LogP contribution >= 0.6 is 0 Å². The molecule has 10 heteroatoms. The zero-order valence-electron chi connectivity index (χ0n) is 21.1. The van der Waals surface area contributed by atoms with E-state index in [-0.39, 0.29) is 36.4 Å². The Kier molecular flexibility index (Phi) is 8.83. The van der Waals surface area contributed by atoms with Crippen LogP contribution in [0.2, 0.25) is 0 Å². The molecule has 4 rings (SSSR count). The lowest BCUT2D eigenvalue weighted by Gasteiger charge is -2.35. The predicted molar refractivity (Wildman–Crippen MR) is 141 cm³/mol. The quantitative estimate of drug-likeness (QED) is 0.413. The van der Waals surface area contributed by atoms with Gasteiger partial charge in [0.15, 0.2) is 0 Å². The molecule has 200 valence electrons. The number of nitrogens with zero attached hydrogens (tertiary/aromatic N) is 1. The maximum atomic E-state index is 14.4. The van der Waals surface area contributed by atoms with Gasteiger partial charge in [-0.2, -0.15) is 0 Å². The molecule has 3 N–H and O–H groups in total. The number of allylic oxidation sites excluding steroid dienone is 1. The third kappa shape index (κ3) is 8.02. The molecule has 0 saturated carbocycles. The number of hydrogen-bond donors (Lipinski definition) is 3. The van der Waals surface area contributed by atoms with Crippen molar-refractivity contribution < 1.29 is 22.3 Å². The number of halogens is 1. The molecule has 8 nitrogen and oxygen atoms in total. The van der Waals surface area contributed by atoms with Crippen molar-refractivity contribution in [1.82, 2.24) is 20.3 Å². The van der Waals surface area contributed by atoms with Gasteiger partial charge in [0.05, 0.1) is 17.8 Å². The Hall–Kier alpha value is -2.95. The molecule has 1 amide bonds. The van der Waals surface area contributed by atoms with Gasteiger partial charge in [-0.1, -0.05) is 36.9 Å². The summed E-state index contributed by atoms with van der Waals surface area (Å²) < 4.78 is 45.9. The molecule has 2 heterocycles. The molecule has 0 unspecified atom stereocenters. The van der Waals surface area contributed by atoms with Gasteiger partial charge in [-0.25, -0.2) is 17.5 Å². The van der Waals surface area contributed by atoms with Crippen LogP contribution in [-0.4, -0.2) is 62.8 Å². The van der Waals surface area contributed by atoms with Gasteiger partial charge in [-0.15, -0.1) is 0 Å². The van der Waals surface area contributed by atoms with Crippen LogP contribution in [0, 0.1) is 5.82 Å².